The van der Waals surface area contributed by atoms with E-state index >= 15 is 0 Å². The van der Waals surface area contributed by atoms with Crippen LogP contribution in [0.3, 0.4) is 0 Å². The third-order valence-corrected chi connectivity index (χ3v) is 7.31. The Bertz CT molecular complexity index is 1680. The number of pyridine rings is 1. The molecule has 0 saturated carbocycles. The van der Waals surface area contributed by atoms with E-state index in [4.69, 9.17) is 21.1 Å². The van der Waals surface area contributed by atoms with Crippen molar-refractivity contribution in [3.63, 3.8) is 0 Å². The van der Waals surface area contributed by atoms with E-state index < -0.39 is 12.2 Å². The number of nitrogens with zero attached hydrogens (tertiary/aromatic N) is 1. The lowest BCUT2D eigenvalue weighted by atomic mass is 9.89. The molecule has 5 aromatic rings. The Morgan fingerprint density at radius 2 is 1.26 bits per heavy atom. The summed E-state index contributed by atoms with van der Waals surface area (Å²) in [6.07, 6.45) is 0.647. The third kappa shape index (κ3) is 6.14. The van der Waals surface area contributed by atoms with Gasteiger partial charge in [-0.1, -0.05) is 90.5 Å². The molecule has 0 fully saturated rings. The maximum absolute atomic E-state index is 12.7. The van der Waals surface area contributed by atoms with E-state index in [1.54, 1.807) is 30.5 Å². The summed E-state index contributed by atoms with van der Waals surface area (Å²) in [7, 11) is 0. The number of para-hydroxylation sites is 2. The van der Waals surface area contributed by atoms with E-state index in [-0.39, 0.29) is 5.91 Å². The highest BCUT2D eigenvalue weighted by Crippen LogP contribution is 2.45. The van der Waals surface area contributed by atoms with Gasteiger partial charge < -0.3 is 20.1 Å². The summed E-state index contributed by atoms with van der Waals surface area (Å²) in [4.78, 5) is 16.8. The van der Waals surface area contributed by atoms with Crippen LogP contribution >= 0.6 is 11.6 Å². The van der Waals surface area contributed by atoms with Gasteiger partial charge in [0.1, 0.15) is 17.3 Å². The van der Waals surface area contributed by atoms with Crippen LogP contribution in [0.25, 0.3) is 0 Å². The molecule has 2 N–H and O–H groups in total. The minimum Gasteiger partial charge on any atom is -0.480 e. The molecular formula is C35H28ClN3O3. The van der Waals surface area contributed by atoms with Crippen molar-refractivity contribution in [1.29, 1.82) is 0 Å². The Balaban J connectivity index is 1.27. The molecule has 6 nitrogen and oxygen atoms in total. The van der Waals surface area contributed by atoms with Crippen LogP contribution in [-0.2, 0) is 6.54 Å². The number of carbonyl (C=O) groups excluding carboxylic acids is 1. The first-order valence-corrected chi connectivity index (χ1v) is 14.0. The van der Waals surface area contributed by atoms with E-state index in [2.05, 4.69) is 15.6 Å². The molecule has 0 aliphatic heterocycles. The predicted octanol–water partition coefficient (Wildman–Crippen LogP) is 7.83. The molecule has 0 radical (unpaired) electrons. The van der Waals surface area contributed by atoms with Gasteiger partial charge in [0.15, 0.2) is 12.2 Å². The monoisotopic (exact) mass is 573 g/mol. The van der Waals surface area contributed by atoms with E-state index in [0.717, 1.165) is 33.9 Å². The average molecular weight is 574 g/mol. The van der Waals surface area contributed by atoms with Gasteiger partial charge in [-0.25, -0.2) is 4.98 Å². The number of hydrogen-bond acceptors (Lipinski definition) is 5. The number of rotatable bonds is 9. The highest BCUT2D eigenvalue weighted by atomic mass is 35.5. The van der Waals surface area contributed by atoms with Gasteiger partial charge >= 0.3 is 0 Å². The molecule has 2 unspecified atom stereocenters. The number of aromatic nitrogens is 1. The SMILES string of the molecule is O=C(Nc1ccccn1)c1ccc(CNC2=C(Cl)C(Oc3ccccc3)c3ccccc3C2Oc2ccccc2)cc1. The van der Waals surface area contributed by atoms with Crippen molar-refractivity contribution in [1.82, 2.24) is 10.3 Å². The molecule has 7 heteroatoms. The van der Waals surface area contributed by atoms with Crippen LogP contribution in [0.4, 0.5) is 5.82 Å². The molecule has 6 rings (SSSR count). The van der Waals surface area contributed by atoms with E-state index in [1.807, 2.05) is 103 Å². The number of carbonyl (C=O) groups is 1. The molecule has 0 saturated heterocycles. The Hall–Kier alpha value is -5.07. The Morgan fingerprint density at radius 3 is 1.88 bits per heavy atom. The molecule has 2 atom stereocenters. The Labute approximate surface area is 249 Å². The van der Waals surface area contributed by atoms with Gasteiger partial charge in [-0.3, -0.25) is 4.79 Å². The number of benzene rings is 4. The summed E-state index contributed by atoms with van der Waals surface area (Å²) in [6.45, 7) is 0.461. The first-order valence-electron chi connectivity index (χ1n) is 13.6. The largest absolute Gasteiger partial charge is 0.480 e. The maximum Gasteiger partial charge on any atom is 0.256 e. The zero-order chi connectivity index (χ0) is 28.7. The standard InChI is InChI=1S/C35H28ClN3O3/c36-31-32(38-23-24-18-20-25(21-19-24)35(40)39-30-17-9-10-22-37-30)34(42-27-13-5-2-6-14-27)29-16-8-7-15-28(29)33(31)41-26-11-3-1-4-12-26/h1-22,33-34,38H,23H2,(H,37,39,40). The summed E-state index contributed by atoms with van der Waals surface area (Å²) in [5.74, 6) is 1.73. The number of nitrogens with one attached hydrogen (secondary N) is 2. The molecule has 0 bridgehead atoms. The van der Waals surface area contributed by atoms with Crippen LogP contribution in [0.5, 0.6) is 11.5 Å². The predicted molar refractivity (Wildman–Crippen MR) is 164 cm³/mol. The van der Waals surface area contributed by atoms with Crippen molar-refractivity contribution < 1.29 is 14.3 Å². The van der Waals surface area contributed by atoms with E-state index in [0.29, 0.717) is 23.0 Å². The minimum atomic E-state index is -0.513. The second kappa shape index (κ2) is 12.6. The van der Waals surface area contributed by atoms with Crippen LogP contribution in [0, 0.1) is 0 Å². The second-order valence-corrected chi connectivity index (χ2v) is 10.1. The molecule has 0 spiro atoms. The van der Waals surface area contributed by atoms with E-state index in [1.165, 1.54) is 0 Å². The number of halogens is 1. The van der Waals surface area contributed by atoms with Crippen molar-refractivity contribution in [2.24, 2.45) is 0 Å². The topological polar surface area (TPSA) is 72.5 Å². The summed E-state index contributed by atoms with van der Waals surface area (Å²) in [6, 6.07) is 40.2. The molecule has 208 valence electrons. The van der Waals surface area contributed by atoms with Crippen LogP contribution in [0.15, 0.2) is 144 Å². The number of ether oxygens (including phenoxy) is 2. The summed E-state index contributed by atoms with van der Waals surface area (Å²) in [5.41, 5.74) is 4.14. The minimum absolute atomic E-state index is 0.222. The molecular weight excluding hydrogens is 546 g/mol. The molecule has 1 heterocycles. The number of anilines is 1. The fourth-order valence-electron chi connectivity index (χ4n) is 4.83. The van der Waals surface area contributed by atoms with Crippen LogP contribution in [0.2, 0.25) is 0 Å². The fourth-order valence-corrected chi connectivity index (χ4v) is 5.16. The van der Waals surface area contributed by atoms with E-state index in [9.17, 15) is 4.79 Å². The summed E-state index contributed by atoms with van der Waals surface area (Å²) < 4.78 is 13.0. The van der Waals surface area contributed by atoms with Crippen LogP contribution in [0.1, 0.15) is 39.3 Å². The first-order chi connectivity index (χ1) is 20.7. The Morgan fingerprint density at radius 1 is 0.690 bits per heavy atom. The molecule has 42 heavy (non-hydrogen) atoms. The van der Waals surface area contributed by atoms with Gasteiger partial charge in [0.25, 0.3) is 5.91 Å². The first kappa shape index (κ1) is 27.1. The Kier molecular flexibility index (Phi) is 8.15. The van der Waals surface area contributed by atoms with Crippen LogP contribution in [-0.4, -0.2) is 10.9 Å². The van der Waals surface area contributed by atoms with Gasteiger partial charge in [-0.05, 0) is 54.1 Å². The van der Waals surface area contributed by atoms with Gasteiger partial charge in [0, 0.05) is 29.4 Å². The lowest BCUT2D eigenvalue weighted by Gasteiger charge is -2.34. The lowest BCUT2D eigenvalue weighted by Crippen LogP contribution is -2.31. The van der Waals surface area contributed by atoms with Crippen LogP contribution < -0.4 is 20.1 Å². The lowest BCUT2D eigenvalue weighted by molar-refractivity contribution is 0.102. The fraction of sp³-hybridized carbons (Fsp3) is 0.0857. The quantitative estimate of drug-likeness (QED) is 0.188. The van der Waals surface area contributed by atoms with Gasteiger partial charge in [0.05, 0.1) is 10.7 Å². The highest BCUT2D eigenvalue weighted by Gasteiger charge is 2.36. The third-order valence-electron chi connectivity index (χ3n) is 6.91. The number of amides is 1. The number of hydrogen-bond donors (Lipinski definition) is 2. The zero-order valence-electron chi connectivity index (χ0n) is 22.6. The smallest absolute Gasteiger partial charge is 0.256 e. The summed E-state index contributed by atoms with van der Waals surface area (Å²) >= 11 is 7.15. The van der Waals surface area contributed by atoms with Gasteiger partial charge in [0.2, 0.25) is 0 Å². The van der Waals surface area contributed by atoms with Crippen molar-refractivity contribution in [2.75, 3.05) is 5.32 Å². The normalized spacial score (nSPS) is 15.8. The molecule has 1 aliphatic rings. The maximum atomic E-state index is 12.7. The van der Waals surface area contributed by atoms with Crippen molar-refractivity contribution in [3.05, 3.63) is 167 Å². The van der Waals surface area contributed by atoms with Crippen molar-refractivity contribution >= 4 is 23.3 Å². The molecule has 1 aromatic heterocycles. The summed E-state index contributed by atoms with van der Waals surface area (Å²) in [5, 5.41) is 6.86. The zero-order valence-corrected chi connectivity index (χ0v) is 23.4. The molecule has 4 aromatic carbocycles. The van der Waals surface area contributed by atoms with Gasteiger partial charge in [-0.15, -0.1) is 0 Å². The van der Waals surface area contributed by atoms with Gasteiger partial charge in [-0.2, -0.15) is 0 Å². The molecule has 1 aliphatic carbocycles. The average Bonchev–Trinajstić information content (AvgIpc) is 3.04. The van der Waals surface area contributed by atoms with Crippen molar-refractivity contribution in [3.8, 4) is 11.5 Å². The van der Waals surface area contributed by atoms with Crippen molar-refractivity contribution in [2.45, 2.75) is 18.8 Å². The number of fused-ring (bicyclic) bond motifs is 1. The molecule has 1 amide bonds. The second-order valence-electron chi connectivity index (χ2n) is 9.73. The highest BCUT2D eigenvalue weighted by molar-refractivity contribution is 6.30.